The van der Waals surface area contributed by atoms with Gasteiger partial charge in [-0.2, -0.15) is 5.26 Å². The minimum absolute atomic E-state index is 0.279. The number of nitrogen functional groups attached to an aromatic ring is 1. The lowest BCUT2D eigenvalue weighted by molar-refractivity contribution is 0.587. The van der Waals surface area contributed by atoms with Crippen molar-refractivity contribution in [2.24, 2.45) is 0 Å². The zero-order chi connectivity index (χ0) is 5.98. The van der Waals surface area contributed by atoms with Crippen LogP contribution in [-0.2, 0) is 0 Å². The van der Waals surface area contributed by atoms with Crippen LogP contribution in [0.15, 0.2) is 16.7 Å². The van der Waals surface area contributed by atoms with Crippen molar-refractivity contribution >= 4 is 5.88 Å². The largest absolute Gasteiger partial charge is 0.448 e. The lowest BCUT2D eigenvalue weighted by Crippen LogP contribution is -1.75. The molecule has 0 amide bonds. The Bertz CT molecular complexity index is 221. The molecule has 0 aliphatic carbocycles. The third kappa shape index (κ3) is 0.636. The highest BCUT2D eigenvalue weighted by molar-refractivity contribution is 5.35. The number of hydrogen-bond acceptors (Lipinski definition) is 3. The van der Waals surface area contributed by atoms with E-state index in [1.165, 1.54) is 12.3 Å². The number of hydrogen-bond donors (Lipinski definition) is 1. The van der Waals surface area contributed by atoms with Gasteiger partial charge in [0.05, 0.1) is 5.56 Å². The van der Waals surface area contributed by atoms with Crippen LogP contribution in [0.25, 0.3) is 0 Å². The van der Waals surface area contributed by atoms with Crippen LogP contribution >= 0.6 is 0 Å². The molecule has 3 nitrogen and oxygen atoms in total. The van der Waals surface area contributed by atoms with Crippen LogP contribution in [0.5, 0.6) is 0 Å². The van der Waals surface area contributed by atoms with Gasteiger partial charge >= 0.3 is 0 Å². The van der Waals surface area contributed by atoms with Crippen molar-refractivity contribution in [1.82, 2.24) is 0 Å². The SMILES string of the molecule is N#Cc1coc(N)c1. The average Bonchev–Trinajstić information content (AvgIpc) is 2.14. The average molecular weight is 108 g/mol. The van der Waals surface area contributed by atoms with Gasteiger partial charge in [0.25, 0.3) is 0 Å². The summed E-state index contributed by atoms with van der Waals surface area (Å²) < 4.78 is 4.61. The van der Waals surface area contributed by atoms with Gasteiger partial charge in [0.2, 0.25) is 0 Å². The molecule has 8 heavy (non-hydrogen) atoms. The molecule has 1 aromatic heterocycles. The van der Waals surface area contributed by atoms with Crippen LogP contribution in [0.1, 0.15) is 5.56 Å². The summed E-state index contributed by atoms with van der Waals surface area (Å²) in [6, 6.07) is 3.35. The molecule has 1 heterocycles. The van der Waals surface area contributed by atoms with Gasteiger partial charge in [-0.05, 0) is 0 Å². The Kier molecular flexibility index (Phi) is 0.935. The fraction of sp³-hybridized carbons (Fsp3) is 0. The molecule has 1 rings (SSSR count). The quantitative estimate of drug-likeness (QED) is 0.533. The topological polar surface area (TPSA) is 63.0 Å². The molecule has 0 unspecified atom stereocenters. The molecule has 0 spiro atoms. The second-order valence-corrected chi connectivity index (χ2v) is 1.35. The summed E-state index contributed by atoms with van der Waals surface area (Å²) in [4.78, 5) is 0. The van der Waals surface area contributed by atoms with Gasteiger partial charge in [0, 0.05) is 6.07 Å². The molecule has 40 valence electrons. The fourth-order valence-corrected chi connectivity index (χ4v) is 0.411. The summed E-state index contributed by atoms with van der Waals surface area (Å²) in [5.74, 6) is 0.279. The highest BCUT2D eigenvalue weighted by Gasteiger charge is 1.92. The van der Waals surface area contributed by atoms with Crippen LogP contribution < -0.4 is 5.73 Å². The first kappa shape index (κ1) is 4.72. The van der Waals surface area contributed by atoms with Crippen LogP contribution in [0.2, 0.25) is 0 Å². The van der Waals surface area contributed by atoms with Gasteiger partial charge in [-0.25, -0.2) is 0 Å². The maximum atomic E-state index is 8.19. The number of rotatable bonds is 0. The second kappa shape index (κ2) is 1.58. The molecule has 0 aromatic carbocycles. The summed E-state index contributed by atoms with van der Waals surface area (Å²) in [5, 5.41) is 8.19. The van der Waals surface area contributed by atoms with Crippen LogP contribution in [0.3, 0.4) is 0 Å². The molecular formula is C5H4N2O. The second-order valence-electron chi connectivity index (χ2n) is 1.35. The first-order valence-corrected chi connectivity index (χ1v) is 2.07. The minimum Gasteiger partial charge on any atom is -0.448 e. The predicted molar refractivity (Wildman–Crippen MR) is 27.8 cm³/mol. The molecule has 0 radical (unpaired) electrons. The number of furan rings is 1. The first-order valence-electron chi connectivity index (χ1n) is 2.07. The Labute approximate surface area is 46.3 Å². The molecule has 3 heteroatoms. The molecule has 1 aromatic rings. The van der Waals surface area contributed by atoms with Crippen molar-refractivity contribution in [3.8, 4) is 6.07 Å². The number of nitriles is 1. The summed E-state index contributed by atoms with van der Waals surface area (Å²) in [6.07, 6.45) is 1.31. The maximum Gasteiger partial charge on any atom is 0.191 e. The molecule has 2 N–H and O–H groups in total. The molecule has 0 saturated carbocycles. The molecule has 0 fully saturated rings. The Balaban J connectivity index is 3.05. The molecular weight excluding hydrogens is 104 g/mol. The van der Waals surface area contributed by atoms with Crippen molar-refractivity contribution in [2.45, 2.75) is 0 Å². The van der Waals surface area contributed by atoms with Crippen molar-refractivity contribution in [3.05, 3.63) is 17.9 Å². The standard InChI is InChI=1S/C5H4N2O/c6-2-4-1-5(7)8-3-4/h1,3H,7H2. The van der Waals surface area contributed by atoms with Crippen molar-refractivity contribution in [1.29, 1.82) is 5.26 Å². The first-order chi connectivity index (χ1) is 3.83. The monoisotopic (exact) mass is 108 g/mol. The Morgan fingerprint density at radius 1 is 1.75 bits per heavy atom. The predicted octanol–water partition coefficient (Wildman–Crippen LogP) is 0.733. The zero-order valence-electron chi connectivity index (χ0n) is 4.09. The lowest BCUT2D eigenvalue weighted by Gasteiger charge is -1.70. The number of anilines is 1. The summed E-state index contributed by atoms with van der Waals surface area (Å²) in [6.45, 7) is 0. The van der Waals surface area contributed by atoms with E-state index < -0.39 is 0 Å². The van der Waals surface area contributed by atoms with Crippen LogP contribution in [0.4, 0.5) is 5.88 Å². The third-order valence-electron chi connectivity index (χ3n) is 0.749. The normalized spacial score (nSPS) is 8.38. The van der Waals surface area contributed by atoms with Crippen molar-refractivity contribution in [2.75, 3.05) is 5.73 Å². The molecule has 0 saturated heterocycles. The van der Waals surface area contributed by atoms with Gasteiger partial charge in [-0.1, -0.05) is 0 Å². The highest BCUT2D eigenvalue weighted by Crippen LogP contribution is 2.06. The van der Waals surface area contributed by atoms with E-state index in [9.17, 15) is 0 Å². The van der Waals surface area contributed by atoms with E-state index >= 15 is 0 Å². The number of nitrogens with zero attached hydrogens (tertiary/aromatic N) is 1. The third-order valence-corrected chi connectivity index (χ3v) is 0.749. The van der Waals surface area contributed by atoms with Crippen molar-refractivity contribution in [3.63, 3.8) is 0 Å². The van der Waals surface area contributed by atoms with E-state index in [1.807, 2.05) is 6.07 Å². The lowest BCUT2D eigenvalue weighted by atomic mass is 10.4. The van der Waals surface area contributed by atoms with Gasteiger partial charge in [-0.3, -0.25) is 0 Å². The minimum atomic E-state index is 0.279. The molecule has 0 bridgehead atoms. The zero-order valence-corrected chi connectivity index (χ0v) is 4.09. The summed E-state index contributed by atoms with van der Waals surface area (Å²) >= 11 is 0. The maximum absolute atomic E-state index is 8.19. The molecule has 0 aliphatic rings. The molecule has 0 atom stereocenters. The van der Waals surface area contributed by atoms with Gasteiger partial charge in [0.1, 0.15) is 12.3 Å². The van der Waals surface area contributed by atoms with Gasteiger partial charge in [0.15, 0.2) is 5.88 Å². The van der Waals surface area contributed by atoms with E-state index in [2.05, 4.69) is 4.42 Å². The van der Waals surface area contributed by atoms with Gasteiger partial charge < -0.3 is 10.2 Å². The van der Waals surface area contributed by atoms with E-state index in [1.54, 1.807) is 0 Å². The van der Waals surface area contributed by atoms with E-state index in [-0.39, 0.29) is 5.88 Å². The van der Waals surface area contributed by atoms with Crippen LogP contribution in [0, 0.1) is 11.3 Å². The van der Waals surface area contributed by atoms with Gasteiger partial charge in [-0.15, -0.1) is 0 Å². The summed E-state index contributed by atoms with van der Waals surface area (Å²) in [7, 11) is 0. The van der Waals surface area contributed by atoms with Crippen molar-refractivity contribution < 1.29 is 4.42 Å². The van der Waals surface area contributed by atoms with E-state index in [0.717, 1.165) is 0 Å². The molecule has 0 aliphatic heterocycles. The van der Waals surface area contributed by atoms with E-state index in [0.29, 0.717) is 5.56 Å². The number of nitrogens with two attached hydrogens (primary N) is 1. The Morgan fingerprint density at radius 2 is 2.50 bits per heavy atom. The smallest absolute Gasteiger partial charge is 0.191 e. The fourth-order valence-electron chi connectivity index (χ4n) is 0.411. The summed E-state index contributed by atoms with van der Waals surface area (Å²) in [5.41, 5.74) is 5.60. The Hall–Kier alpha value is -1.43. The van der Waals surface area contributed by atoms with E-state index in [4.69, 9.17) is 11.0 Å². The Morgan fingerprint density at radius 3 is 2.75 bits per heavy atom. The van der Waals surface area contributed by atoms with Crippen LogP contribution in [-0.4, -0.2) is 0 Å². The highest BCUT2D eigenvalue weighted by atomic mass is 16.3.